The van der Waals surface area contributed by atoms with Crippen LogP contribution in [0.3, 0.4) is 0 Å². The highest BCUT2D eigenvalue weighted by Gasteiger charge is 2.64. The summed E-state index contributed by atoms with van der Waals surface area (Å²) in [6, 6.07) is 18.0. The average Bonchev–Trinajstić information content (AvgIpc) is 3.34. The Bertz CT molecular complexity index is 1250. The molecule has 3 aromatic rings. The Morgan fingerprint density at radius 3 is 2.36 bits per heavy atom. The van der Waals surface area contributed by atoms with E-state index in [1.165, 1.54) is 35.5 Å². The van der Waals surface area contributed by atoms with Crippen LogP contribution in [0.1, 0.15) is 17.2 Å². The van der Waals surface area contributed by atoms with Crippen LogP contribution in [-0.4, -0.2) is 67.0 Å². The molecular weight excluding hydrogens is 500 g/mol. The largest absolute Gasteiger partial charge is 0.451 e. The average molecular weight is 525 g/mol. The standard InChI is InChI=1S/C24H24N6O4S2/c1-29-23(26-27-28-29)36-14-17-13-35-22-24(25,33-2)21(32)30(22)18(17)20(31)34-19(15-9-5-3-6-10-15)16-11-7-4-8-12-16/h3-13,18-19,22H,14,25H2,1-2H3/t18?,22-,24+/m1/s1. The van der Waals surface area contributed by atoms with Gasteiger partial charge in [0.1, 0.15) is 5.37 Å². The second kappa shape index (κ2) is 10.1. The van der Waals surface area contributed by atoms with Gasteiger partial charge in [-0.3, -0.25) is 10.5 Å². The Labute approximate surface area is 216 Å². The number of nitrogens with two attached hydrogens (primary N) is 1. The fourth-order valence-electron chi connectivity index (χ4n) is 4.19. The Kier molecular flexibility index (Phi) is 6.84. The lowest BCUT2D eigenvalue weighted by Crippen LogP contribution is -2.81. The summed E-state index contributed by atoms with van der Waals surface area (Å²) in [7, 11) is 3.12. The number of hydrogen-bond acceptors (Lipinski definition) is 10. The molecule has 10 nitrogen and oxygen atoms in total. The van der Waals surface area contributed by atoms with Crippen LogP contribution in [0.2, 0.25) is 0 Å². The molecule has 2 aliphatic heterocycles. The summed E-state index contributed by atoms with van der Waals surface area (Å²) in [6.07, 6.45) is -0.647. The summed E-state index contributed by atoms with van der Waals surface area (Å²) in [5.74, 6) is -0.632. The molecule has 1 fully saturated rings. The predicted molar refractivity (Wildman–Crippen MR) is 134 cm³/mol. The molecule has 1 amide bonds. The molecule has 0 spiro atoms. The number of ether oxygens (including phenoxy) is 2. The van der Waals surface area contributed by atoms with Crippen molar-refractivity contribution in [2.75, 3.05) is 12.9 Å². The van der Waals surface area contributed by atoms with E-state index < -0.39 is 35.1 Å². The summed E-state index contributed by atoms with van der Waals surface area (Å²) in [5, 5.41) is 13.4. The molecule has 0 bridgehead atoms. The van der Waals surface area contributed by atoms with E-state index >= 15 is 0 Å². The monoisotopic (exact) mass is 524 g/mol. The first kappa shape index (κ1) is 24.5. The van der Waals surface area contributed by atoms with Gasteiger partial charge in [-0.1, -0.05) is 72.4 Å². The molecule has 3 heterocycles. The molecule has 36 heavy (non-hydrogen) atoms. The lowest BCUT2D eigenvalue weighted by molar-refractivity contribution is -0.194. The molecule has 3 atom stereocenters. The number of nitrogens with zero attached hydrogens (tertiary/aromatic N) is 5. The van der Waals surface area contributed by atoms with Crippen molar-refractivity contribution in [3.8, 4) is 0 Å². The first-order valence-corrected chi connectivity index (χ1v) is 13.0. The van der Waals surface area contributed by atoms with E-state index in [4.69, 9.17) is 15.2 Å². The van der Waals surface area contributed by atoms with Crippen molar-refractivity contribution in [2.45, 2.75) is 28.4 Å². The van der Waals surface area contributed by atoms with Gasteiger partial charge in [0.25, 0.3) is 5.91 Å². The van der Waals surface area contributed by atoms with Crippen LogP contribution >= 0.6 is 23.5 Å². The smallest absolute Gasteiger partial charge is 0.334 e. The number of amides is 1. The van der Waals surface area contributed by atoms with E-state index in [1.807, 2.05) is 66.1 Å². The van der Waals surface area contributed by atoms with Crippen LogP contribution in [-0.2, 0) is 26.1 Å². The topological polar surface area (TPSA) is 125 Å². The summed E-state index contributed by atoms with van der Waals surface area (Å²) in [6.45, 7) is 0. The Morgan fingerprint density at radius 1 is 1.17 bits per heavy atom. The van der Waals surface area contributed by atoms with E-state index in [1.54, 1.807) is 11.7 Å². The minimum absolute atomic E-state index is 0.378. The van der Waals surface area contributed by atoms with Gasteiger partial charge in [-0.05, 0) is 32.5 Å². The number of carbonyl (C=O) groups excluding carboxylic acids is 2. The minimum Gasteiger partial charge on any atom is -0.451 e. The van der Waals surface area contributed by atoms with Crippen molar-refractivity contribution in [2.24, 2.45) is 12.8 Å². The van der Waals surface area contributed by atoms with Gasteiger partial charge in [0.2, 0.25) is 10.9 Å². The van der Waals surface area contributed by atoms with Gasteiger partial charge in [-0.25, -0.2) is 9.48 Å². The zero-order chi connectivity index (χ0) is 25.3. The molecule has 0 aliphatic carbocycles. The lowest BCUT2D eigenvalue weighted by Gasteiger charge is -2.56. The number of thioether (sulfide) groups is 2. The van der Waals surface area contributed by atoms with Crippen molar-refractivity contribution in [1.29, 1.82) is 0 Å². The third-order valence-electron chi connectivity index (χ3n) is 6.11. The number of hydrogen-bond donors (Lipinski definition) is 1. The van der Waals surface area contributed by atoms with Gasteiger partial charge < -0.3 is 14.4 Å². The first-order valence-electron chi connectivity index (χ1n) is 11.1. The number of aromatic nitrogens is 4. The summed E-state index contributed by atoms with van der Waals surface area (Å²) in [4.78, 5) is 28.4. The lowest BCUT2D eigenvalue weighted by atomic mass is 9.95. The summed E-state index contributed by atoms with van der Waals surface area (Å²) >= 11 is 2.71. The van der Waals surface area contributed by atoms with Gasteiger partial charge in [0, 0.05) is 19.9 Å². The predicted octanol–water partition coefficient (Wildman–Crippen LogP) is 2.10. The number of esters is 1. The minimum atomic E-state index is -1.50. The maximum atomic E-state index is 13.8. The highest BCUT2D eigenvalue weighted by molar-refractivity contribution is 8.03. The molecule has 2 aliphatic rings. The molecule has 5 rings (SSSR count). The van der Waals surface area contributed by atoms with Crippen LogP contribution in [0.15, 0.2) is 76.8 Å². The summed E-state index contributed by atoms with van der Waals surface area (Å²) < 4.78 is 13.0. The maximum Gasteiger partial charge on any atom is 0.334 e. The van der Waals surface area contributed by atoms with Gasteiger partial charge in [0.15, 0.2) is 12.1 Å². The van der Waals surface area contributed by atoms with E-state index in [0.717, 1.165) is 11.1 Å². The zero-order valence-electron chi connectivity index (χ0n) is 19.6. The normalized spacial score (nSPS) is 23.2. The molecule has 0 saturated carbocycles. The van der Waals surface area contributed by atoms with Crippen LogP contribution in [0.25, 0.3) is 0 Å². The molecular formula is C24H24N6O4S2. The molecule has 2 N–H and O–H groups in total. The zero-order valence-corrected chi connectivity index (χ0v) is 21.2. The number of tetrazole rings is 1. The summed E-state index contributed by atoms with van der Waals surface area (Å²) in [5.41, 5.74) is 7.06. The fourth-order valence-corrected chi connectivity index (χ4v) is 6.41. The molecule has 0 radical (unpaired) electrons. The molecule has 2 aromatic carbocycles. The van der Waals surface area contributed by atoms with Gasteiger partial charge in [0.05, 0.1) is 0 Å². The molecule has 1 saturated heterocycles. The molecule has 1 unspecified atom stereocenters. The number of β-lactam (4-membered cyclic amide) rings is 1. The third-order valence-corrected chi connectivity index (χ3v) is 8.47. The SMILES string of the molecule is CO[C@@]1(N)C(=O)N2C(C(=O)OC(c3ccccc3)c3ccccc3)C(CSc3nnnn3C)=CS[C@@H]21. The number of rotatable bonds is 8. The highest BCUT2D eigenvalue weighted by Crippen LogP contribution is 2.46. The van der Waals surface area contributed by atoms with Crippen molar-refractivity contribution in [3.05, 3.63) is 82.8 Å². The number of benzene rings is 2. The fraction of sp³-hybridized carbons (Fsp3) is 0.292. The highest BCUT2D eigenvalue weighted by atomic mass is 32.2. The van der Waals surface area contributed by atoms with Gasteiger partial charge in [-0.15, -0.1) is 16.9 Å². The molecule has 1 aromatic heterocycles. The van der Waals surface area contributed by atoms with Gasteiger partial charge >= 0.3 is 5.97 Å². The Balaban J connectivity index is 1.46. The van der Waals surface area contributed by atoms with Gasteiger partial charge in [-0.2, -0.15) is 0 Å². The van der Waals surface area contributed by atoms with Crippen molar-refractivity contribution in [3.63, 3.8) is 0 Å². The second-order valence-corrected chi connectivity index (χ2v) is 10.2. The van der Waals surface area contributed by atoms with Crippen molar-refractivity contribution >= 4 is 35.4 Å². The van der Waals surface area contributed by atoms with Crippen LogP contribution < -0.4 is 5.73 Å². The number of methoxy groups -OCH3 is 1. The quantitative estimate of drug-likeness (QED) is 0.203. The second-order valence-electron chi connectivity index (χ2n) is 8.31. The van der Waals surface area contributed by atoms with Crippen molar-refractivity contribution in [1.82, 2.24) is 25.1 Å². The van der Waals surface area contributed by atoms with E-state index in [-0.39, 0.29) is 0 Å². The van der Waals surface area contributed by atoms with Crippen LogP contribution in [0.5, 0.6) is 0 Å². The Hall–Kier alpha value is -3.19. The Morgan fingerprint density at radius 2 is 1.81 bits per heavy atom. The number of aryl methyl sites for hydroxylation is 1. The maximum absolute atomic E-state index is 13.8. The number of fused-ring (bicyclic) bond motifs is 1. The molecule has 12 heteroatoms. The van der Waals surface area contributed by atoms with E-state index in [0.29, 0.717) is 16.5 Å². The first-order chi connectivity index (χ1) is 17.4. The molecule has 186 valence electrons. The third kappa shape index (κ3) is 4.30. The van der Waals surface area contributed by atoms with E-state index in [9.17, 15) is 9.59 Å². The number of carbonyl (C=O) groups is 2. The van der Waals surface area contributed by atoms with Crippen LogP contribution in [0.4, 0.5) is 0 Å². The van der Waals surface area contributed by atoms with Crippen molar-refractivity contribution < 1.29 is 19.1 Å². The van der Waals surface area contributed by atoms with Crippen LogP contribution in [0, 0.1) is 0 Å². The van der Waals surface area contributed by atoms with E-state index in [2.05, 4.69) is 15.5 Å².